The second-order valence-electron chi connectivity index (χ2n) is 5.38. The Kier molecular flexibility index (Phi) is 8.77. The second kappa shape index (κ2) is 10.3. The zero-order valence-electron chi connectivity index (χ0n) is 14.1. The molecule has 0 aliphatic heterocycles. The topological polar surface area (TPSA) is 101 Å². The summed E-state index contributed by atoms with van der Waals surface area (Å²) < 4.78 is 26.9. The van der Waals surface area contributed by atoms with Crippen LogP contribution >= 0.6 is 11.6 Å². The fraction of sp³-hybridized carbons (Fsp3) is 0.312. The third kappa shape index (κ3) is 6.78. The third-order valence-electron chi connectivity index (χ3n) is 3.33. The van der Waals surface area contributed by atoms with E-state index in [4.69, 9.17) is 11.6 Å². The number of hydrogen-bond acceptors (Lipinski definition) is 5. The minimum absolute atomic E-state index is 0. The van der Waals surface area contributed by atoms with Crippen molar-refractivity contribution in [3.05, 3.63) is 41.6 Å². The summed E-state index contributed by atoms with van der Waals surface area (Å²) in [5, 5.41) is 10.1. The van der Waals surface area contributed by atoms with Crippen molar-refractivity contribution in [3.63, 3.8) is 0 Å². The van der Waals surface area contributed by atoms with Gasteiger partial charge in [-0.3, -0.25) is 9.52 Å². The number of amides is 1. The molecule has 2 N–H and O–H groups in total. The Morgan fingerprint density at radius 1 is 1.08 bits per heavy atom. The van der Waals surface area contributed by atoms with Crippen molar-refractivity contribution >= 4 is 39.0 Å². The molecule has 1 heterocycles. The predicted octanol–water partition coefficient (Wildman–Crippen LogP) is 0.454. The van der Waals surface area contributed by atoms with E-state index >= 15 is 0 Å². The normalized spacial score (nSPS) is 10.7. The lowest BCUT2D eigenvalue weighted by atomic mass is 10.2. The van der Waals surface area contributed by atoms with Crippen molar-refractivity contribution < 1.29 is 25.6 Å². The molecule has 142 valence electrons. The van der Waals surface area contributed by atoms with Gasteiger partial charge in [-0.25, -0.2) is 8.42 Å². The lowest BCUT2D eigenvalue weighted by molar-refractivity contribution is -0.116. The van der Waals surface area contributed by atoms with Gasteiger partial charge in [0, 0.05) is 12.1 Å². The molecule has 0 atom stereocenters. The number of anilines is 2. The van der Waals surface area contributed by atoms with Gasteiger partial charge in [0.15, 0.2) is 11.0 Å². The third-order valence-corrected chi connectivity index (χ3v) is 4.90. The number of benzene rings is 1. The molecule has 0 aliphatic carbocycles. The van der Waals surface area contributed by atoms with Crippen molar-refractivity contribution in [1.82, 2.24) is 10.2 Å². The van der Waals surface area contributed by atoms with E-state index < -0.39 is 10.0 Å². The van der Waals surface area contributed by atoms with Crippen molar-refractivity contribution in [3.8, 4) is 0 Å². The highest BCUT2D eigenvalue weighted by Crippen LogP contribution is 2.18. The largest absolute Gasteiger partial charge is 1.00 e. The summed E-state index contributed by atoms with van der Waals surface area (Å²) in [5.74, 6) is -0.0173. The smallest absolute Gasteiger partial charge is 0.263 e. The van der Waals surface area contributed by atoms with E-state index in [0.717, 1.165) is 19.3 Å². The molecule has 0 fully saturated rings. The number of halogens is 2. The maximum atomic E-state index is 12.3. The van der Waals surface area contributed by atoms with E-state index in [2.05, 4.69) is 27.2 Å². The van der Waals surface area contributed by atoms with Crippen LogP contribution in [0.4, 0.5) is 11.5 Å². The van der Waals surface area contributed by atoms with Crippen LogP contribution in [0.3, 0.4) is 0 Å². The Balaban J connectivity index is 0.00000338. The predicted molar refractivity (Wildman–Crippen MR) is 97.1 cm³/mol. The molecule has 1 aromatic heterocycles. The van der Waals surface area contributed by atoms with E-state index in [0.29, 0.717) is 12.1 Å². The number of aromatic nitrogens is 2. The number of sulfonamides is 1. The summed E-state index contributed by atoms with van der Waals surface area (Å²) in [5.41, 5.74) is 0.548. The Labute approximate surface area is 164 Å². The van der Waals surface area contributed by atoms with Crippen LogP contribution < -0.4 is 22.4 Å². The number of nitrogens with one attached hydrogen (secondary N) is 2. The Morgan fingerprint density at radius 2 is 1.77 bits per heavy atom. The molecule has 7 nitrogen and oxygen atoms in total. The van der Waals surface area contributed by atoms with Gasteiger partial charge in [0.2, 0.25) is 5.91 Å². The molecule has 0 spiro atoms. The van der Waals surface area contributed by atoms with Crippen molar-refractivity contribution in [1.29, 1.82) is 0 Å². The van der Waals surface area contributed by atoms with Gasteiger partial charge >= 0.3 is 0 Å². The highest BCUT2D eigenvalue weighted by Gasteiger charge is 2.15. The highest BCUT2D eigenvalue weighted by molar-refractivity contribution is 7.92. The Bertz CT molecular complexity index is 812. The first kappa shape index (κ1) is 22.1. The maximum Gasteiger partial charge on any atom is 0.263 e. The lowest BCUT2D eigenvalue weighted by Gasteiger charge is -2.08. The molecule has 0 aliphatic rings. The average Bonchev–Trinajstić information content (AvgIpc) is 2.57. The molecule has 0 unspecified atom stereocenters. The van der Waals surface area contributed by atoms with Gasteiger partial charge < -0.3 is 17.7 Å². The molecule has 2 rings (SSSR count). The van der Waals surface area contributed by atoms with Gasteiger partial charge in [-0.05, 0) is 42.8 Å². The second-order valence-corrected chi connectivity index (χ2v) is 7.45. The van der Waals surface area contributed by atoms with Gasteiger partial charge in [-0.15, -0.1) is 10.2 Å². The van der Waals surface area contributed by atoms with Crippen LogP contribution in [0.1, 0.15) is 32.6 Å². The van der Waals surface area contributed by atoms with E-state index in [1.807, 2.05) is 0 Å². The molecule has 2 aromatic rings. The minimum atomic E-state index is -3.80. The summed E-state index contributed by atoms with van der Waals surface area (Å²) in [6.07, 6.45) is 3.33. The number of unbranched alkanes of at least 4 members (excludes halogenated alkanes) is 2. The van der Waals surface area contributed by atoms with E-state index in [1.165, 1.54) is 24.3 Å². The summed E-state index contributed by atoms with van der Waals surface area (Å²) in [6.45, 7) is 2.07. The minimum Gasteiger partial charge on any atom is -1.00 e. The number of rotatable bonds is 8. The van der Waals surface area contributed by atoms with Crippen LogP contribution in [0.25, 0.3) is 0 Å². The first-order valence-electron chi connectivity index (χ1n) is 7.82. The van der Waals surface area contributed by atoms with Crippen LogP contribution in [-0.4, -0.2) is 24.5 Å². The maximum absolute atomic E-state index is 12.3. The SMILES string of the molecule is CCCCCC(=O)Nc1ccc(S(=O)(=O)Nc2ccc(Cl)nn2)cc1.[Cl-]. The van der Waals surface area contributed by atoms with Crippen LogP contribution in [0.2, 0.25) is 5.15 Å². The quantitative estimate of drug-likeness (QED) is 0.607. The first-order chi connectivity index (χ1) is 11.9. The monoisotopic (exact) mass is 417 g/mol. The molecule has 0 bridgehead atoms. The van der Waals surface area contributed by atoms with Crippen molar-refractivity contribution in [2.45, 2.75) is 37.5 Å². The van der Waals surface area contributed by atoms with Gasteiger partial charge in [-0.2, -0.15) is 0 Å². The molecular formula is C16H19Cl2N4O3S-. The van der Waals surface area contributed by atoms with Crippen LogP contribution in [0.15, 0.2) is 41.3 Å². The average molecular weight is 418 g/mol. The highest BCUT2D eigenvalue weighted by atomic mass is 35.5. The molecule has 26 heavy (non-hydrogen) atoms. The van der Waals surface area contributed by atoms with Gasteiger partial charge in [0.1, 0.15) is 0 Å². The fourth-order valence-electron chi connectivity index (χ4n) is 2.04. The summed E-state index contributed by atoms with van der Waals surface area (Å²) in [7, 11) is -3.80. The van der Waals surface area contributed by atoms with Gasteiger partial charge in [0.25, 0.3) is 10.0 Å². The van der Waals surface area contributed by atoms with E-state index in [9.17, 15) is 13.2 Å². The Hall–Kier alpha value is -1.90. The molecule has 1 aromatic carbocycles. The van der Waals surface area contributed by atoms with Gasteiger partial charge in [0.05, 0.1) is 4.90 Å². The molecule has 10 heteroatoms. The van der Waals surface area contributed by atoms with Crippen LogP contribution in [-0.2, 0) is 14.8 Å². The van der Waals surface area contributed by atoms with Crippen molar-refractivity contribution in [2.75, 3.05) is 10.0 Å². The molecule has 0 saturated heterocycles. The standard InChI is InChI=1S/C16H19ClN4O3S.ClH/c1-2-3-4-5-16(22)18-12-6-8-13(9-7-12)25(23,24)21-15-11-10-14(17)19-20-15;/h6-11H,2-5H2,1H3,(H,18,22)(H,20,21);1H/p-1. The zero-order chi connectivity index (χ0) is 18.3. The van der Waals surface area contributed by atoms with E-state index in [1.54, 1.807) is 12.1 Å². The Morgan fingerprint density at radius 3 is 2.35 bits per heavy atom. The zero-order valence-corrected chi connectivity index (χ0v) is 16.4. The van der Waals surface area contributed by atoms with E-state index in [-0.39, 0.29) is 34.2 Å². The summed E-state index contributed by atoms with van der Waals surface area (Å²) in [4.78, 5) is 11.8. The number of hydrogen-bond donors (Lipinski definition) is 2. The van der Waals surface area contributed by atoms with Crippen molar-refractivity contribution in [2.24, 2.45) is 0 Å². The first-order valence-corrected chi connectivity index (χ1v) is 9.69. The molecule has 0 saturated carbocycles. The van der Waals surface area contributed by atoms with Crippen LogP contribution in [0, 0.1) is 0 Å². The summed E-state index contributed by atoms with van der Waals surface area (Å²) >= 11 is 5.61. The van der Waals surface area contributed by atoms with Gasteiger partial charge in [-0.1, -0.05) is 31.4 Å². The number of nitrogens with zero attached hydrogens (tertiary/aromatic N) is 2. The number of carbonyl (C=O) groups excluding carboxylic acids is 1. The lowest BCUT2D eigenvalue weighted by Crippen LogP contribution is -3.00. The summed E-state index contributed by atoms with van der Waals surface area (Å²) in [6, 6.07) is 8.75. The van der Waals surface area contributed by atoms with Crippen LogP contribution in [0.5, 0.6) is 0 Å². The molecule has 0 radical (unpaired) electrons. The molecular weight excluding hydrogens is 399 g/mol. The number of carbonyl (C=O) groups is 1. The molecule has 1 amide bonds. The fourth-order valence-corrected chi connectivity index (χ4v) is 3.14.